The molecule has 1 aromatic rings. The second-order valence-electron chi connectivity index (χ2n) is 3.19. The number of benzene rings is 1. The van der Waals surface area contributed by atoms with Crippen molar-refractivity contribution in [3.8, 4) is 0 Å². The maximum absolute atomic E-state index is 11.1. The van der Waals surface area contributed by atoms with Crippen molar-refractivity contribution in [2.24, 2.45) is 5.73 Å². The van der Waals surface area contributed by atoms with Gasteiger partial charge < -0.3 is 11.1 Å². The zero-order valence-electron chi connectivity index (χ0n) is 8.82. The summed E-state index contributed by atoms with van der Waals surface area (Å²) < 4.78 is 0. The van der Waals surface area contributed by atoms with Crippen molar-refractivity contribution < 1.29 is 4.79 Å². The van der Waals surface area contributed by atoms with Crippen LogP contribution in [0.5, 0.6) is 0 Å². The minimum Gasteiger partial charge on any atom is -0.366 e. The summed E-state index contributed by atoms with van der Waals surface area (Å²) in [6.45, 7) is 1.63. The topological polar surface area (TPSA) is 55.1 Å². The summed E-state index contributed by atoms with van der Waals surface area (Å²) in [7, 11) is 0. The smallest absolute Gasteiger partial charge is 0.249 e. The lowest BCUT2D eigenvalue weighted by atomic mass is 10.1. The molecule has 0 aliphatic rings. The lowest BCUT2D eigenvalue weighted by Gasteiger charge is -2.07. The number of hydrogen-bond acceptors (Lipinski definition) is 3. The van der Waals surface area contributed by atoms with Crippen LogP contribution in [-0.2, 0) is 6.54 Å². The van der Waals surface area contributed by atoms with E-state index in [9.17, 15) is 4.79 Å². The summed E-state index contributed by atoms with van der Waals surface area (Å²) in [5.41, 5.74) is 6.84. The molecule has 1 rings (SSSR count). The number of amides is 1. The summed E-state index contributed by atoms with van der Waals surface area (Å²) in [4.78, 5) is 11.1. The number of thioether (sulfide) groups is 1. The van der Waals surface area contributed by atoms with Crippen molar-refractivity contribution in [3.63, 3.8) is 0 Å². The molecule has 0 spiro atoms. The van der Waals surface area contributed by atoms with E-state index in [4.69, 9.17) is 5.73 Å². The van der Waals surface area contributed by atoms with E-state index in [1.807, 2.05) is 18.2 Å². The van der Waals surface area contributed by atoms with Gasteiger partial charge in [0.05, 0.1) is 0 Å². The number of carbonyl (C=O) groups is 1. The van der Waals surface area contributed by atoms with Crippen LogP contribution in [0.25, 0.3) is 0 Å². The molecule has 0 bridgehead atoms. The molecule has 15 heavy (non-hydrogen) atoms. The largest absolute Gasteiger partial charge is 0.366 e. The van der Waals surface area contributed by atoms with Crippen LogP contribution in [0.2, 0.25) is 0 Å². The molecular formula is C11H16N2OS. The maximum Gasteiger partial charge on any atom is 0.249 e. The molecule has 0 saturated carbocycles. The summed E-state index contributed by atoms with van der Waals surface area (Å²) in [5, 5.41) is 3.27. The molecule has 0 aliphatic carbocycles. The average molecular weight is 224 g/mol. The van der Waals surface area contributed by atoms with Crippen molar-refractivity contribution in [3.05, 3.63) is 35.4 Å². The minimum atomic E-state index is -0.364. The van der Waals surface area contributed by atoms with Crippen LogP contribution < -0.4 is 11.1 Å². The molecule has 4 heteroatoms. The molecule has 0 unspecified atom stereocenters. The first kappa shape index (κ1) is 12.1. The molecule has 0 saturated heterocycles. The Morgan fingerprint density at radius 2 is 2.20 bits per heavy atom. The van der Waals surface area contributed by atoms with Crippen molar-refractivity contribution in [2.45, 2.75) is 6.54 Å². The highest BCUT2D eigenvalue weighted by Crippen LogP contribution is 2.07. The Kier molecular flexibility index (Phi) is 5.21. The zero-order valence-corrected chi connectivity index (χ0v) is 9.64. The van der Waals surface area contributed by atoms with E-state index in [1.165, 1.54) is 0 Å². The van der Waals surface area contributed by atoms with Gasteiger partial charge in [0.15, 0.2) is 0 Å². The van der Waals surface area contributed by atoms with E-state index in [0.29, 0.717) is 12.1 Å². The predicted octanol–water partition coefficient (Wildman–Crippen LogP) is 1.24. The van der Waals surface area contributed by atoms with E-state index < -0.39 is 0 Å². The predicted molar refractivity (Wildman–Crippen MR) is 65.0 cm³/mol. The second-order valence-corrected chi connectivity index (χ2v) is 4.18. The monoisotopic (exact) mass is 224 g/mol. The molecule has 82 valence electrons. The van der Waals surface area contributed by atoms with Crippen LogP contribution in [0.15, 0.2) is 24.3 Å². The Morgan fingerprint density at radius 3 is 2.87 bits per heavy atom. The molecule has 0 atom stereocenters. The van der Waals surface area contributed by atoms with Gasteiger partial charge in [-0.15, -0.1) is 0 Å². The van der Waals surface area contributed by atoms with E-state index in [-0.39, 0.29) is 5.91 Å². The Morgan fingerprint density at radius 1 is 1.47 bits per heavy atom. The normalized spacial score (nSPS) is 10.2. The molecule has 1 aromatic carbocycles. The highest BCUT2D eigenvalue weighted by molar-refractivity contribution is 7.98. The molecular weight excluding hydrogens is 208 g/mol. The number of nitrogens with one attached hydrogen (secondary N) is 1. The molecule has 3 N–H and O–H groups in total. The Hall–Kier alpha value is -1.00. The van der Waals surface area contributed by atoms with Gasteiger partial charge in [-0.3, -0.25) is 4.79 Å². The standard InChI is InChI=1S/C11H16N2OS/c1-15-7-6-13-8-9-4-2-3-5-10(9)11(12)14/h2-5,13H,6-8H2,1H3,(H2,12,14). The molecule has 0 aliphatic heterocycles. The van der Waals surface area contributed by atoms with Crippen molar-refractivity contribution in [1.82, 2.24) is 5.32 Å². The highest BCUT2D eigenvalue weighted by Gasteiger charge is 2.05. The van der Waals surface area contributed by atoms with Crippen LogP contribution in [0.4, 0.5) is 0 Å². The fourth-order valence-corrected chi connectivity index (χ4v) is 1.66. The van der Waals surface area contributed by atoms with Gasteiger partial charge in [-0.2, -0.15) is 11.8 Å². The lowest BCUT2D eigenvalue weighted by molar-refractivity contribution is 0.0999. The first-order chi connectivity index (χ1) is 7.25. The molecule has 1 amide bonds. The zero-order chi connectivity index (χ0) is 11.1. The van der Waals surface area contributed by atoms with Gasteiger partial charge in [-0.25, -0.2) is 0 Å². The minimum absolute atomic E-state index is 0.364. The number of carbonyl (C=O) groups excluding carboxylic acids is 1. The third-order valence-electron chi connectivity index (χ3n) is 2.08. The van der Waals surface area contributed by atoms with Crippen molar-refractivity contribution in [1.29, 1.82) is 0 Å². The third-order valence-corrected chi connectivity index (χ3v) is 2.69. The first-order valence-electron chi connectivity index (χ1n) is 4.83. The van der Waals surface area contributed by atoms with E-state index in [2.05, 4.69) is 11.6 Å². The van der Waals surface area contributed by atoms with Gasteiger partial charge in [0.1, 0.15) is 0 Å². The molecule has 0 heterocycles. The molecule has 0 fully saturated rings. The lowest BCUT2D eigenvalue weighted by Crippen LogP contribution is -2.20. The van der Waals surface area contributed by atoms with Crippen molar-refractivity contribution in [2.75, 3.05) is 18.6 Å². The van der Waals surface area contributed by atoms with Crippen LogP contribution in [0, 0.1) is 0 Å². The number of primary amides is 1. The second kappa shape index (κ2) is 6.48. The van der Waals surface area contributed by atoms with Crippen LogP contribution in [0.3, 0.4) is 0 Å². The number of nitrogens with two attached hydrogens (primary N) is 1. The van der Waals surface area contributed by atoms with Crippen LogP contribution >= 0.6 is 11.8 Å². The number of rotatable bonds is 6. The van der Waals surface area contributed by atoms with Gasteiger partial charge in [-0.05, 0) is 17.9 Å². The van der Waals surface area contributed by atoms with Crippen LogP contribution in [-0.4, -0.2) is 24.5 Å². The van der Waals surface area contributed by atoms with Crippen molar-refractivity contribution >= 4 is 17.7 Å². The Labute approximate surface area is 94.4 Å². The summed E-state index contributed by atoms with van der Waals surface area (Å²) in [6.07, 6.45) is 2.07. The SMILES string of the molecule is CSCCNCc1ccccc1C(N)=O. The third kappa shape index (κ3) is 3.93. The van der Waals surface area contributed by atoms with Gasteiger partial charge >= 0.3 is 0 Å². The molecule has 0 radical (unpaired) electrons. The number of hydrogen-bond donors (Lipinski definition) is 2. The summed E-state index contributed by atoms with van der Waals surface area (Å²) >= 11 is 1.79. The fourth-order valence-electron chi connectivity index (χ4n) is 1.31. The Balaban J connectivity index is 2.56. The Bertz CT molecular complexity index is 328. The highest BCUT2D eigenvalue weighted by atomic mass is 32.2. The van der Waals surface area contributed by atoms with E-state index in [0.717, 1.165) is 17.9 Å². The molecule has 3 nitrogen and oxygen atoms in total. The fraction of sp³-hybridized carbons (Fsp3) is 0.364. The summed E-state index contributed by atoms with van der Waals surface area (Å²) in [5.74, 6) is 0.705. The van der Waals surface area contributed by atoms with Gasteiger partial charge in [-0.1, -0.05) is 18.2 Å². The van der Waals surface area contributed by atoms with Gasteiger partial charge in [0.25, 0.3) is 0 Å². The van der Waals surface area contributed by atoms with E-state index in [1.54, 1.807) is 17.8 Å². The van der Waals surface area contributed by atoms with E-state index >= 15 is 0 Å². The summed E-state index contributed by atoms with van der Waals surface area (Å²) in [6, 6.07) is 7.42. The maximum atomic E-state index is 11.1. The molecule has 0 aromatic heterocycles. The van der Waals surface area contributed by atoms with Gasteiger partial charge in [0, 0.05) is 24.4 Å². The van der Waals surface area contributed by atoms with Crippen LogP contribution in [0.1, 0.15) is 15.9 Å². The first-order valence-corrected chi connectivity index (χ1v) is 6.22. The average Bonchev–Trinajstić information content (AvgIpc) is 2.25. The van der Waals surface area contributed by atoms with Gasteiger partial charge in [0.2, 0.25) is 5.91 Å². The quantitative estimate of drug-likeness (QED) is 0.715.